The molecule has 0 saturated heterocycles. The van der Waals surface area contributed by atoms with E-state index < -0.39 is 5.97 Å². The third-order valence-corrected chi connectivity index (χ3v) is 10.6. The van der Waals surface area contributed by atoms with Crippen LogP contribution in [0.5, 0.6) is 0 Å². The number of hydrogen-bond acceptors (Lipinski definition) is 2. The minimum atomic E-state index is -0.664. The standard InChI is InChI=1S/C25H42O3/c1-15(8-11-21(26)27)17-9-10-19-22-20(12-14-25(17,19)4)24(3)13-6-5-7-18(24)16(2)23(22)28/h15-20,22-23,28H,5-14H2,1-4H3,(H,26,27)/t15-,16-,17?,18+,19?,20+,22+,23+,24?,25-/m1/s1. The summed E-state index contributed by atoms with van der Waals surface area (Å²) in [5.74, 6) is 3.34. The fourth-order valence-corrected chi connectivity index (χ4v) is 9.27. The SMILES string of the molecule is C[C@H]1[C@H](O)[C@H]2C3CCC([C@H](C)CCC(=O)O)[C@@]3(C)CC[C@@H]2C2(C)CCCC[C@@H]12. The zero-order valence-corrected chi connectivity index (χ0v) is 18.5. The third kappa shape index (κ3) is 2.97. The predicted octanol–water partition coefficient (Wildman–Crippen LogP) is 5.75. The molecule has 0 radical (unpaired) electrons. The minimum absolute atomic E-state index is 0.140. The summed E-state index contributed by atoms with van der Waals surface area (Å²) in [6.45, 7) is 9.69. The zero-order valence-electron chi connectivity index (χ0n) is 18.5. The molecule has 4 aliphatic carbocycles. The highest BCUT2D eigenvalue weighted by Gasteiger charge is 2.63. The molecule has 0 bridgehead atoms. The molecule has 4 fully saturated rings. The van der Waals surface area contributed by atoms with Crippen LogP contribution < -0.4 is 0 Å². The number of fused-ring (bicyclic) bond motifs is 5. The summed E-state index contributed by atoms with van der Waals surface area (Å²) in [4.78, 5) is 11.1. The van der Waals surface area contributed by atoms with Crippen molar-refractivity contribution in [3.63, 3.8) is 0 Å². The number of carboxylic acids is 1. The fourth-order valence-electron chi connectivity index (χ4n) is 9.27. The van der Waals surface area contributed by atoms with E-state index in [1.807, 2.05) is 0 Å². The first-order valence-electron chi connectivity index (χ1n) is 12.1. The summed E-state index contributed by atoms with van der Waals surface area (Å²) in [5.41, 5.74) is 0.716. The number of hydrogen-bond donors (Lipinski definition) is 2. The molecule has 28 heavy (non-hydrogen) atoms. The number of aliphatic carboxylic acids is 1. The molecule has 0 spiro atoms. The molecule has 0 aromatic carbocycles. The van der Waals surface area contributed by atoms with E-state index in [9.17, 15) is 9.90 Å². The normalized spacial score (nSPS) is 51.7. The molecule has 0 aliphatic heterocycles. The van der Waals surface area contributed by atoms with Gasteiger partial charge in [0, 0.05) is 6.42 Å². The highest BCUT2D eigenvalue weighted by Crippen LogP contribution is 2.69. The van der Waals surface area contributed by atoms with Crippen molar-refractivity contribution in [2.24, 2.45) is 52.3 Å². The van der Waals surface area contributed by atoms with E-state index in [1.54, 1.807) is 0 Å². The Labute approximate surface area is 171 Å². The predicted molar refractivity (Wildman–Crippen MR) is 112 cm³/mol. The van der Waals surface area contributed by atoms with Crippen molar-refractivity contribution in [1.29, 1.82) is 0 Å². The molecule has 3 nitrogen and oxygen atoms in total. The Morgan fingerprint density at radius 2 is 1.71 bits per heavy atom. The third-order valence-electron chi connectivity index (χ3n) is 10.6. The molecule has 0 heterocycles. The van der Waals surface area contributed by atoms with Gasteiger partial charge >= 0.3 is 5.97 Å². The first-order valence-corrected chi connectivity index (χ1v) is 12.1. The van der Waals surface area contributed by atoms with Crippen molar-refractivity contribution in [2.45, 2.75) is 98.0 Å². The van der Waals surface area contributed by atoms with E-state index in [1.165, 1.54) is 51.4 Å². The first-order chi connectivity index (χ1) is 13.2. The number of aliphatic hydroxyl groups excluding tert-OH is 1. The van der Waals surface area contributed by atoms with Crippen LogP contribution in [0.2, 0.25) is 0 Å². The lowest BCUT2D eigenvalue weighted by Crippen LogP contribution is -2.60. The van der Waals surface area contributed by atoms with Gasteiger partial charge in [-0.05, 0) is 97.2 Å². The molecular formula is C25H42O3. The summed E-state index contributed by atoms with van der Waals surface area (Å²) in [7, 11) is 0. The Morgan fingerprint density at radius 3 is 2.43 bits per heavy atom. The summed E-state index contributed by atoms with van der Waals surface area (Å²) < 4.78 is 0. The van der Waals surface area contributed by atoms with Crippen LogP contribution in [0.3, 0.4) is 0 Å². The number of carbonyl (C=O) groups is 1. The number of carboxylic acid groups (broad SMARTS) is 1. The number of aliphatic hydroxyl groups is 1. The van der Waals surface area contributed by atoms with Crippen molar-refractivity contribution in [1.82, 2.24) is 0 Å². The Hall–Kier alpha value is -0.570. The molecule has 160 valence electrons. The second-order valence-electron chi connectivity index (χ2n) is 11.6. The van der Waals surface area contributed by atoms with Gasteiger partial charge in [0.15, 0.2) is 0 Å². The van der Waals surface area contributed by atoms with E-state index in [-0.39, 0.29) is 11.5 Å². The molecule has 2 N–H and O–H groups in total. The van der Waals surface area contributed by atoms with Gasteiger partial charge in [0.2, 0.25) is 0 Å². The van der Waals surface area contributed by atoms with E-state index in [2.05, 4.69) is 27.7 Å². The molecule has 0 aromatic rings. The quantitative estimate of drug-likeness (QED) is 0.642. The van der Waals surface area contributed by atoms with Gasteiger partial charge in [0.25, 0.3) is 0 Å². The Morgan fingerprint density at radius 1 is 1.00 bits per heavy atom. The molecule has 3 heteroatoms. The van der Waals surface area contributed by atoms with Gasteiger partial charge in [-0.2, -0.15) is 0 Å². The first kappa shape index (κ1) is 20.7. The van der Waals surface area contributed by atoms with Crippen LogP contribution in [-0.4, -0.2) is 22.3 Å². The lowest BCUT2D eigenvalue weighted by molar-refractivity contribution is -0.190. The largest absolute Gasteiger partial charge is 0.481 e. The maximum Gasteiger partial charge on any atom is 0.303 e. The van der Waals surface area contributed by atoms with Crippen LogP contribution in [0, 0.1) is 52.3 Å². The summed E-state index contributed by atoms with van der Waals surface area (Å²) in [6.07, 6.45) is 11.4. The summed E-state index contributed by atoms with van der Waals surface area (Å²) in [6, 6.07) is 0. The molecule has 10 atom stereocenters. The second kappa shape index (κ2) is 7.29. The summed E-state index contributed by atoms with van der Waals surface area (Å²) >= 11 is 0. The molecule has 0 aromatic heterocycles. The molecule has 3 unspecified atom stereocenters. The molecule has 4 rings (SSSR count). The van der Waals surface area contributed by atoms with Crippen LogP contribution in [-0.2, 0) is 4.79 Å². The van der Waals surface area contributed by atoms with Crippen LogP contribution in [0.15, 0.2) is 0 Å². The maximum absolute atomic E-state index is 11.5. The van der Waals surface area contributed by atoms with E-state index in [4.69, 9.17) is 5.11 Å². The molecule has 4 aliphatic rings. The number of rotatable bonds is 4. The average Bonchev–Trinajstić information content (AvgIpc) is 3.01. The molecule has 4 saturated carbocycles. The van der Waals surface area contributed by atoms with Crippen molar-refractivity contribution in [2.75, 3.05) is 0 Å². The second-order valence-corrected chi connectivity index (χ2v) is 11.6. The van der Waals surface area contributed by atoms with Gasteiger partial charge in [-0.1, -0.05) is 40.5 Å². The molecular weight excluding hydrogens is 348 g/mol. The lowest BCUT2D eigenvalue weighted by atomic mass is 9.42. The van der Waals surface area contributed by atoms with Gasteiger partial charge in [0.05, 0.1) is 6.10 Å². The Balaban J connectivity index is 1.59. The highest BCUT2D eigenvalue weighted by molar-refractivity contribution is 5.66. The van der Waals surface area contributed by atoms with Crippen molar-refractivity contribution in [3.05, 3.63) is 0 Å². The average molecular weight is 391 g/mol. The smallest absolute Gasteiger partial charge is 0.303 e. The van der Waals surface area contributed by atoms with Crippen LogP contribution in [0.25, 0.3) is 0 Å². The van der Waals surface area contributed by atoms with Crippen molar-refractivity contribution in [3.8, 4) is 0 Å². The van der Waals surface area contributed by atoms with Gasteiger partial charge in [0.1, 0.15) is 0 Å². The highest BCUT2D eigenvalue weighted by atomic mass is 16.4. The van der Waals surface area contributed by atoms with Crippen molar-refractivity contribution < 1.29 is 15.0 Å². The van der Waals surface area contributed by atoms with E-state index in [0.29, 0.717) is 53.3 Å². The minimum Gasteiger partial charge on any atom is -0.481 e. The molecule has 0 amide bonds. The van der Waals surface area contributed by atoms with E-state index >= 15 is 0 Å². The monoisotopic (exact) mass is 390 g/mol. The topological polar surface area (TPSA) is 57.5 Å². The Bertz CT molecular complexity index is 603. The maximum atomic E-state index is 11.5. The van der Waals surface area contributed by atoms with E-state index in [0.717, 1.165) is 6.42 Å². The zero-order chi connectivity index (χ0) is 20.3. The van der Waals surface area contributed by atoms with Crippen LogP contribution >= 0.6 is 0 Å². The van der Waals surface area contributed by atoms with Crippen molar-refractivity contribution >= 4 is 5.97 Å². The van der Waals surface area contributed by atoms with Gasteiger partial charge in [-0.15, -0.1) is 0 Å². The van der Waals surface area contributed by atoms with Gasteiger partial charge in [-0.25, -0.2) is 0 Å². The van der Waals surface area contributed by atoms with Crippen LogP contribution in [0.4, 0.5) is 0 Å². The van der Waals surface area contributed by atoms with Crippen LogP contribution in [0.1, 0.15) is 91.9 Å². The van der Waals surface area contributed by atoms with Gasteiger partial charge < -0.3 is 10.2 Å². The Kier molecular flexibility index (Phi) is 5.39. The van der Waals surface area contributed by atoms with Gasteiger partial charge in [-0.3, -0.25) is 4.79 Å². The lowest BCUT2D eigenvalue weighted by Gasteiger charge is -2.64. The summed E-state index contributed by atoms with van der Waals surface area (Å²) in [5, 5.41) is 20.6. The fraction of sp³-hybridized carbons (Fsp3) is 0.960.